The number of carbonyl (C=O) groups excluding carboxylic acids is 2. The highest BCUT2D eigenvalue weighted by atomic mass is 28.4. The molecule has 1 unspecified atom stereocenters. The van der Waals surface area contributed by atoms with Gasteiger partial charge in [-0.3, -0.25) is 4.79 Å². The highest BCUT2D eigenvalue weighted by molar-refractivity contribution is 6.74. The Hall–Kier alpha value is -0.883. The Kier molecular flexibility index (Phi) is 7.29. The molecule has 22 heavy (non-hydrogen) atoms. The number of rotatable bonds is 6. The van der Waals surface area contributed by atoms with Gasteiger partial charge in [-0.2, -0.15) is 0 Å². The number of hydrogen-bond acceptors (Lipinski definition) is 4. The zero-order valence-corrected chi connectivity index (χ0v) is 16.6. The summed E-state index contributed by atoms with van der Waals surface area (Å²) in [5.74, 6) is -0.0513. The van der Waals surface area contributed by atoms with E-state index in [1.54, 1.807) is 27.7 Å². The summed E-state index contributed by atoms with van der Waals surface area (Å²) in [6.07, 6.45) is -0.276. The van der Waals surface area contributed by atoms with Crippen LogP contribution in [0, 0.1) is 0 Å². The summed E-state index contributed by atoms with van der Waals surface area (Å²) in [5.41, 5.74) is -0.571. The first kappa shape index (κ1) is 21.1. The van der Waals surface area contributed by atoms with E-state index in [9.17, 15) is 9.59 Å². The summed E-state index contributed by atoms with van der Waals surface area (Å²) >= 11 is 0. The van der Waals surface area contributed by atoms with E-state index >= 15 is 0 Å². The van der Waals surface area contributed by atoms with Gasteiger partial charge in [0.1, 0.15) is 5.60 Å². The van der Waals surface area contributed by atoms with Crippen LogP contribution in [0.2, 0.25) is 18.1 Å². The van der Waals surface area contributed by atoms with E-state index < -0.39 is 26.1 Å². The molecule has 0 radical (unpaired) electrons. The quantitative estimate of drug-likeness (QED) is 0.750. The van der Waals surface area contributed by atoms with Gasteiger partial charge in [-0.15, -0.1) is 0 Å². The second-order valence-corrected chi connectivity index (χ2v) is 13.0. The van der Waals surface area contributed by atoms with Gasteiger partial charge in [-0.1, -0.05) is 20.8 Å². The van der Waals surface area contributed by atoms with Gasteiger partial charge < -0.3 is 14.5 Å². The molecule has 0 saturated heterocycles. The number of Topliss-reactive ketones (excluding diaryl/α,β-unsaturated/α-hetero) is 1. The maximum absolute atomic E-state index is 12.0. The van der Waals surface area contributed by atoms with Gasteiger partial charge in [-0.25, -0.2) is 4.79 Å². The number of nitrogens with one attached hydrogen (secondary N) is 1. The predicted octanol–water partition coefficient (Wildman–Crippen LogP) is 3.88. The van der Waals surface area contributed by atoms with Crippen molar-refractivity contribution in [1.29, 1.82) is 0 Å². The van der Waals surface area contributed by atoms with Crippen LogP contribution in [0.3, 0.4) is 0 Å². The van der Waals surface area contributed by atoms with Crippen molar-refractivity contribution in [3.05, 3.63) is 0 Å². The molecule has 1 amide bonds. The lowest BCUT2D eigenvalue weighted by Gasteiger charge is -2.36. The van der Waals surface area contributed by atoms with Crippen molar-refractivity contribution < 1.29 is 18.8 Å². The first-order valence-corrected chi connectivity index (χ1v) is 10.7. The Balaban J connectivity index is 4.26. The smallest absolute Gasteiger partial charge is 0.408 e. The van der Waals surface area contributed by atoms with Crippen LogP contribution in [-0.2, 0) is 14.0 Å². The fourth-order valence-electron chi connectivity index (χ4n) is 1.40. The van der Waals surface area contributed by atoms with Gasteiger partial charge in [0.25, 0.3) is 0 Å². The lowest BCUT2D eigenvalue weighted by molar-refractivity contribution is -0.121. The molecule has 130 valence electrons. The molecule has 0 aliphatic heterocycles. The molecule has 1 atom stereocenters. The maximum atomic E-state index is 12.0. The topological polar surface area (TPSA) is 64.6 Å². The van der Waals surface area contributed by atoms with Crippen LogP contribution in [0.4, 0.5) is 4.79 Å². The lowest BCUT2D eigenvalue weighted by Crippen LogP contribution is -2.43. The number of ketones is 1. The van der Waals surface area contributed by atoms with Crippen molar-refractivity contribution in [3.63, 3.8) is 0 Å². The second kappa shape index (κ2) is 7.59. The summed E-state index contributed by atoms with van der Waals surface area (Å²) < 4.78 is 11.1. The highest BCUT2D eigenvalue weighted by Crippen LogP contribution is 2.36. The van der Waals surface area contributed by atoms with Gasteiger partial charge in [0.15, 0.2) is 14.1 Å². The fraction of sp³-hybridized carbons (Fsp3) is 0.875. The van der Waals surface area contributed by atoms with Crippen LogP contribution in [-0.4, -0.2) is 38.4 Å². The summed E-state index contributed by atoms with van der Waals surface area (Å²) in [7, 11) is -1.83. The summed E-state index contributed by atoms with van der Waals surface area (Å²) in [6, 6.07) is -0.571. The van der Waals surface area contributed by atoms with Crippen molar-refractivity contribution in [2.75, 3.05) is 6.61 Å². The number of amides is 1. The molecule has 5 nitrogen and oxygen atoms in total. The number of carbonyl (C=O) groups is 2. The molecule has 0 aromatic heterocycles. The van der Waals surface area contributed by atoms with E-state index in [2.05, 4.69) is 39.2 Å². The average molecular weight is 332 g/mol. The first-order valence-electron chi connectivity index (χ1n) is 7.82. The lowest BCUT2D eigenvalue weighted by atomic mass is 10.1. The molecule has 1 N–H and O–H groups in total. The maximum Gasteiger partial charge on any atom is 0.408 e. The normalized spacial score (nSPS) is 14.4. The summed E-state index contributed by atoms with van der Waals surface area (Å²) in [6.45, 7) is 18.2. The van der Waals surface area contributed by atoms with E-state index in [-0.39, 0.29) is 10.8 Å². The second-order valence-electron chi connectivity index (χ2n) is 8.19. The highest BCUT2D eigenvalue weighted by Gasteiger charge is 2.37. The minimum Gasteiger partial charge on any atom is -0.444 e. The number of hydrogen-bond donors (Lipinski definition) is 1. The van der Waals surface area contributed by atoms with Gasteiger partial charge in [0.05, 0.1) is 6.04 Å². The molecule has 0 fully saturated rings. The van der Waals surface area contributed by atoms with Crippen LogP contribution >= 0.6 is 0 Å². The molecule has 0 saturated carbocycles. The van der Waals surface area contributed by atoms with Crippen LogP contribution in [0.5, 0.6) is 0 Å². The molecular weight excluding hydrogens is 298 g/mol. The molecule has 0 aromatic carbocycles. The Morgan fingerprint density at radius 1 is 1.09 bits per heavy atom. The van der Waals surface area contributed by atoms with Crippen molar-refractivity contribution in [3.8, 4) is 0 Å². The molecule has 0 aliphatic rings. The largest absolute Gasteiger partial charge is 0.444 e. The summed E-state index contributed by atoms with van der Waals surface area (Å²) in [5, 5.41) is 2.68. The zero-order chi connectivity index (χ0) is 17.8. The molecule has 0 bridgehead atoms. The summed E-state index contributed by atoms with van der Waals surface area (Å²) in [4.78, 5) is 23.7. The van der Waals surface area contributed by atoms with Gasteiger partial charge in [0.2, 0.25) is 0 Å². The fourth-order valence-corrected chi connectivity index (χ4v) is 2.45. The van der Waals surface area contributed by atoms with Crippen molar-refractivity contribution in [2.24, 2.45) is 0 Å². The predicted molar refractivity (Wildman–Crippen MR) is 91.6 cm³/mol. The SMILES string of the molecule is CC(NC(=O)OC(C)(C)C)C(=O)CCO[Si](C)(C)C(C)(C)C. The van der Waals surface area contributed by atoms with Crippen LogP contribution in [0.25, 0.3) is 0 Å². The van der Waals surface area contributed by atoms with E-state index in [4.69, 9.17) is 9.16 Å². The Labute approximate surface area is 136 Å². The van der Waals surface area contributed by atoms with Crippen molar-refractivity contribution in [2.45, 2.75) is 84.7 Å². The van der Waals surface area contributed by atoms with Gasteiger partial charge >= 0.3 is 6.09 Å². The van der Waals surface area contributed by atoms with E-state index in [1.165, 1.54) is 0 Å². The van der Waals surface area contributed by atoms with E-state index in [0.717, 1.165) is 0 Å². The van der Waals surface area contributed by atoms with Crippen LogP contribution < -0.4 is 5.32 Å². The Bertz CT molecular complexity index is 394. The van der Waals surface area contributed by atoms with E-state index in [0.29, 0.717) is 13.0 Å². The third-order valence-electron chi connectivity index (χ3n) is 3.83. The molecule has 0 heterocycles. The monoisotopic (exact) mass is 331 g/mol. The Morgan fingerprint density at radius 3 is 2.00 bits per heavy atom. The van der Waals surface area contributed by atoms with E-state index in [1.807, 2.05) is 0 Å². The molecular formula is C16H33NO4Si. The Morgan fingerprint density at radius 2 is 1.59 bits per heavy atom. The van der Waals surface area contributed by atoms with Crippen LogP contribution in [0.15, 0.2) is 0 Å². The first-order chi connectivity index (χ1) is 9.66. The third-order valence-corrected chi connectivity index (χ3v) is 8.37. The molecule has 6 heteroatoms. The molecule has 0 spiro atoms. The molecule has 0 rings (SSSR count). The van der Waals surface area contributed by atoms with Gasteiger partial charge in [-0.05, 0) is 45.8 Å². The standard InChI is InChI=1S/C16H33NO4Si/c1-12(17-14(19)21-15(2,3)4)13(18)10-11-20-22(8,9)16(5,6)7/h12H,10-11H2,1-9H3,(H,17,19). The zero-order valence-electron chi connectivity index (χ0n) is 15.6. The molecule has 0 aromatic rings. The molecule has 0 aliphatic carbocycles. The average Bonchev–Trinajstić information content (AvgIpc) is 2.23. The number of alkyl carbamates (subject to hydrolysis) is 1. The van der Waals surface area contributed by atoms with Gasteiger partial charge in [0, 0.05) is 13.0 Å². The van der Waals surface area contributed by atoms with Crippen molar-refractivity contribution in [1.82, 2.24) is 5.32 Å². The minimum atomic E-state index is -1.83. The number of ether oxygens (including phenoxy) is 1. The van der Waals surface area contributed by atoms with Crippen LogP contribution in [0.1, 0.15) is 54.9 Å². The van der Waals surface area contributed by atoms with Crippen molar-refractivity contribution >= 4 is 20.2 Å². The third kappa shape index (κ3) is 7.94. The minimum absolute atomic E-state index is 0.0513.